The Hall–Kier alpha value is -3.69. The minimum atomic E-state index is -1.25. The largest absolute Gasteiger partial charge is 0.478 e. The van der Waals surface area contributed by atoms with Gasteiger partial charge in [0.2, 0.25) is 0 Å². The van der Waals surface area contributed by atoms with Crippen molar-refractivity contribution in [2.24, 2.45) is 0 Å². The predicted molar refractivity (Wildman–Crippen MR) is 130 cm³/mol. The molecule has 166 valence electrons. The molecule has 0 unspecified atom stereocenters. The minimum Gasteiger partial charge on any atom is -0.478 e. The van der Waals surface area contributed by atoms with E-state index in [0.29, 0.717) is 20.5 Å². The molecule has 1 fully saturated rings. The summed E-state index contributed by atoms with van der Waals surface area (Å²) in [7, 11) is 0. The van der Waals surface area contributed by atoms with E-state index in [1.165, 1.54) is 17.0 Å². The number of carboxylic acids is 2. The van der Waals surface area contributed by atoms with E-state index in [2.05, 4.69) is 0 Å². The zero-order valence-electron chi connectivity index (χ0n) is 17.5. The van der Waals surface area contributed by atoms with Crippen LogP contribution in [0.15, 0.2) is 57.9 Å². The van der Waals surface area contributed by atoms with Crippen molar-refractivity contribution in [1.82, 2.24) is 0 Å². The Kier molecular flexibility index (Phi) is 5.92. The molecule has 2 N–H and O–H groups in total. The SMILES string of the molecule is Cc1ccc(N2C(=O)/C(=C\c3ccc(-c4cc(C(=O)O)cc(C(=O)O)c4)o3)SC2=S)c(C)c1. The molecule has 4 rings (SSSR count). The van der Waals surface area contributed by atoms with E-state index < -0.39 is 11.9 Å². The lowest BCUT2D eigenvalue weighted by Crippen LogP contribution is -2.28. The molecule has 9 heteroatoms. The van der Waals surface area contributed by atoms with Crippen molar-refractivity contribution in [3.63, 3.8) is 0 Å². The molecule has 1 saturated heterocycles. The normalized spacial score (nSPS) is 14.8. The van der Waals surface area contributed by atoms with Crippen molar-refractivity contribution in [1.29, 1.82) is 0 Å². The van der Waals surface area contributed by atoms with Crippen LogP contribution in [0.25, 0.3) is 17.4 Å². The van der Waals surface area contributed by atoms with Gasteiger partial charge in [-0.05, 0) is 55.8 Å². The van der Waals surface area contributed by atoms with Gasteiger partial charge in [-0.25, -0.2) is 9.59 Å². The number of carbonyl (C=O) groups excluding carboxylic acids is 1. The highest BCUT2D eigenvalue weighted by molar-refractivity contribution is 8.27. The van der Waals surface area contributed by atoms with Crippen LogP contribution in [0.1, 0.15) is 37.6 Å². The number of amides is 1. The summed E-state index contributed by atoms with van der Waals surface area (Å²) in [5.41, 5.74) is 2.70. The molecule has 0 bridgehead atoms. The summed E-state index contributed by atoms with van der Waals surface area (Å²) in [6, 6.07) is 12.7. The van der Waals surface area contributed by atoms with E-state index in [0.717, 1.165) is 34.6 Å². The average molecular weight is 480 g/mol. The Morgan fingerprint density at radius 3 is 2.27 bits per heavy atom. The molecule has 2 aromatic carbocycles. The number of furan rings is 1. The molecular formula is C24H17NO6S2. The standard InChI is InChI=1S/C24H17NO6S2/c1-12-3-5-18(13(2)7-12)25-21(26)20(33-24(25)32)11-17-4-6-19(31-17)14-8-15(22(27)28)10-16(9-14)23(29)30/h3-11H,1-2H3,(H,27,28)(H,29,30)/b20-11+. The third-order valence-corrected chi connectivity index (χ3v) is 6.30. The van der Waals surface area contributed by atoms with Gasteiger partial charge in [0.15, 0.2) is 4.32 Å². The first kappa shape index (κ1) is 22.5. The fourth-order valence-corrected chi connectivity index (χ4v) is 4.73. The number of benzene rings is 2. The Morgan fingerprint density at radius 1 is 1.00 bits per heavy atom. The highest BCUT2D eigenvalue weighted by Gasteiger charge is 2.34. The number of anilines is 1. The second-order valence-electron chi connectivity index (χ2n) is 7.42. The smallest absolute Gasteiger partial charge is 0.335 e. The van der Waals surface area contributed by atoms with Crippen LogP contribution < -0.4 is 4.90 Å². The number of thiocarbonyl (C=S) groups is 1. The summed E-state index contributed by atoms with van der Waals surface area (Å²) in [5, 5.41) is 18.5. The molecule has 0 atom stereocenters. The lowest BCUT2D eigenvalue weighted by molar-refractivity contribution is -0.113. The van der Waals surface area contributed by atoms with Gasteiger partial charge < -0.3 is 14.6 Å². The van der Waals surface area contributed by atoms with E-state index in [1.807, 2.05) is 32.0 Å². The van der Waals surface area contributed by atoms with E-state index in [1.54, 1.807) is 18.2 Å². The molecule has 1 aliphatic rings. The van der Waals surface area contributed by atoms with Crippen LogP contribution in [-0.2, 0) is 4.79 Å². The number of nitrogens with zero attached hydrogens (tertiary/aromatic N) is 1. The molecular weight excluding hydrogens is 462 g/mol. The molecule has 3 aromatic rings. The first-order chi connectivity index (χ1) is 15.6. The molecule has 0 aliphatic carbocycles. The maximum Gasteiger partial charge on any atom is 0.335 e. The third-order valence-electron chi connectivity index (χ3n) is 5.00. The Bertz CT molecular complexity index is 1340. The summed E-state index contributed by atoms with van der Waals surface area (Å²) in [5.74, 6) is -2.14. The zero-order chi connectivity index (χ0) is 23.9. The van der Waals surface area contributed by atoms with Crippen molar-refractivity contribution >= 4 is 57.9 Å². The first-order valence-corrected chi connectivity index (χ1v) is 10.9. The fourth-order valence-electron chi connectivity index (χ4n) is 3.46. The topological polar surface area (TPSA) is 108 Å². The van der Waals surface area contributed by atoms with E-state index in [9.17, 15) is 24.6 Å². The number of thioether (sulfide) groups is 1. The van der Waals surface area contributed by atoms with Crippen molar-refractivity contribution in [3.8, 4) is 11.3 Å². The van der Waals surface area contributed by atoms with Gasteiger partial charge in [0.05, 0.1) is 21.7 Å². The van der Waals surface area contributed by atoms with Gasteiger partial charge in [-0.2, -0.15) is 0 Å². The number of aromatic carboxylic acids is 2. The van der Waals surface area contributed by atoms with Crippen LogP contribution in [0, 0.1) is 13.8 Å². The summed E-state index contributed by atoms with van der Waals surface area (Å²) in [6.45, 7) is 3.89. The monoisotopic (exact) mass is 479 g/mol. The summed E-state index contributed by atoms with van der Waals surface area (Å²) < 4.78 is 6.18. The number of rotatable bonds is 5. The summed E-state index contributed by atoms with van der Waals surface area (Å²) in [4.78, 5) is 37.6. The number of aryl methyl sites for hydroxylation is 2. The maximum atomic E-state index is 13.1. The highest BCUT2D eigenvalue weighted by atomic mass is 32.2. The Balaban J connectivity index is 1.66. The lowest BCUT2D eigenvalue weighted by atomic mass is 10.0. The van der Waals surface area contributed by atoms with E-state index >= 15 is 0 Å². The van der Waals surface area contributed by atoms with Crippen LogP contribution in [0.3, 0.4) is 0 Å². The van der Waals surface area contributed by atoms with Gasteiger partial charge >= 0.3 is 11.9 Å². The fraction of sp³-hybridized carbons (Fsp3) is 0.0833. The number of carboxylic acid groups (broad SMARTS) is 2. The second kappa shape index (κ2) is 8.68. The van der Waals surface area contributed by atoms with Crippen LogP contribution >= 0.6 is 24.0 Å². The minimum absolute atomic E-state index is 0.169. The van der Waals surface area contributed by atoms with Crippen molar-refractivity contribution in [3.05, 3.63) is 81.5 Å². The van der Waals surface area contributed by atoms with Gasteiger partial charge in [0, 0.05) is 11.6 Å². The van der Waals surface area contributed by atoms with Gasteiger partial charge in [0.25, 0.3) is 5.91 Å². The Morgan fingerprint density at radius 2 is 1.67 bits per heavy atom. The number of hydrogen-bond acceptors (Lipinski definition) is 6. The third kappa shape index (κ3) is 4.46. The number of hydrogen-bond donors (Lipinski definition) is 2. The van der Waals surface area contributed by atoms with E-state index in [4.69, 9.17) is 16.6 Å². The molecule has 7 nitrogen and oxygen atoms in total. The molecule has 0 saturated carbocycles. The first-order valence-electron chi connectivity index (χ1n) is 9.71. The predicted octanol–water partition coefficient (Wildman–Crippen LogP) is 5.37. The number of carbonyl (C=O) groups is 3. The van der Waals surface area contributed by atoms with Crippen LogP contribution in [-0.4, -0.2) is 32.4 Å². The van der Waals surface area contributed by atoms with Crippen molar-refractivity contribution in [2.75, 3.05) is 4.90 Å². The molecule has 1 aliphatic heterocycles. The lowest BCUT2D eigenvalue weighted by Gasteiger charge is -2.17. The quantitative estimate of drug-likeness (QED) is 0.372. The van der Waals surface area contributed by atoms with Gasteiger partial charge in [-0.1, -0.05) is 41.7 Å². The molecule has 2 heterocycles. The molecule has 1 aromatic heterocycles. The zero-order valence-corrected chi connectivity index (χ0v) is 19.1. The van der Waals surface area contributed by atoms with Gasteiger partial charge in [0.1, 0.15) is 11.5 Å². The van der Waals surface area contributed by atoms with Gasteiger partial charge in [-0.15, -0.1) is 0 Å². The summed E-state index contributed by atoms with van der Waals surface area (Å²) in [6.07, 6.45) is 1.56. The van der Waals surface area contributed by atoms with E-state index in [-0.39, 0.29) is 22.8 Å². The van der Waals surface area contributed by atoms with Crippen LogP contribution in [0.2, 0.25) is 0 Å². The maximum absolute atomic E-state index is 13.1. The van der Waals surface area contributed by atoms with Crippen molar-refractivity contribution < 1.29 is 29.0 Å². The molecule has 0 spiro atoms. The summed E-state index contributed by atoms with van der Waals surface area (Å²) >= 11 is 6.59. The van der Waals surface area contributed by atoms with Gasteiger partial charge in [-0.3, -0.25) is 9.69 Å². The average Bonchev–Trinajstić information content (AvgIpc) is 3.33. The van der Waals surface area contributed by atoms with Crippen LogP contribution in [0.5, 0.6) is 0 Å². The molecule has 33 heavy (non-hydrogen) atoms. The second-order valence-corrected chi connectivity index (χ2v) is 9.09. The molecule has 0 radical (unpaired) electrons. The molecule has 1 amide bonds. The van der Waals surface area contributed by atoms with Crippen LogP contribution in [0.4, 0.5) is 5.69 Å². The Labute approximate surface area is 198 Å². The highest BCUT2D eigenvalue weighted by Crippen LogP contribution is 2.38. The van der Waals surface area contributed by atoms with Crippen molar-refractivity contribution in [2.45, 2.75) is 13.8 Å².